The number of ether oxygens (including phenoxy) is 1. The molecule has 0 amide bonds. The Balaban J connectivity index is 1.53. The standard InChI is InChI=1S/C25H27NO4S/c1-14-9-10-20(29-14)24-22(25(28)30-17-6-3-4-7-17)15(2)26-18-12-16(13-19(27)23(18)24)21-8-5-11-31-21/h5,8-11,16-17,24,26H,3-4,6-7,12-13H2,1-2H3/t16-,24-/m0/s1. The Morgan fingerprint density at radius 3 is 2.65 bits per heavy atom. The number of furan rings is 1. The molecule has 0 unspecified atom stereocenters. The minimum Gasteiger partial charge on any atom is -0.465 e. The van der Waals surface area contributed by atoms with Crippen molar-refractivity contribution >= 4 is 23.1 Å². The van der Waals surface area contributed by atoms with Gasteiger partial charge in [0.1, 0.15) is 17.6 Å². The number of esters is 1. The Labute approximate surface area is 186 Å². The third-order valence-corrected chi connectivity index (χ3v) is 7.65. The molecule has 1 N–H and O–H groups in total. The summed E-state index contributed by atoms with van der Waals surface area (Å²) in [5, 5.41) is 5.45. The minimum atomic E-state index is -0.518. The Morgan fingerprint density at radius 1 is 1.16 bits per heavy atom. The number of hydrogen-bond acceptors (Lipinski definition) is 6. The normalized spacial score (nSPS) is 24.4. The van der Waals surface area contributed by atoms with E-state index in [0.29, 0.717) is 23.3 Å². The summed E-state index contributed by atoms with van der Waals surface area (Å²) in [6.45, 7) is 3.78. The molecule has 0 saturated heterocycles. The predicted molar refractivity (Wildman–Crippen MR) is 119 cm³/mol. The average Bonchev–Trinajstić information content (AvgIpc) is 3.49. The zero-order valence-electron chi connectivity index (χ0n) is 17.9. The van der Waals surface area contributed by atoms with Gasteiger partial charge in [-0.1, -0.05) is 6.07 Å². The van der Waals surface area contributed by atoms with Crippen LogP contribution in [0.1, 0.15) is 73.7 Å². The van der Waals surface area contributed by atoms with E-state index in [1.165, 1.54) is 4.88 Å². The summed E-state index contributed by atoms with van der Waals surface area (Å²) in [7, 11) is 0. The molecule has 2 aromatic heterocycles. The first-order valence-electron chi connectivity index (χ1n) is 11.1. The maximum absolute atomic E-state index is 13.4. The molecule has 2 atom stereocenters. The van der Waals surface area contributed by atoms with Crippen molar-refractivity contribution in [2.75, 3.05) is 0 Å². The quantitative estimate of drug-likeness (QED) is 0.640. The van der Waals surface area contributed by atoms with E-state index in [2.05, 4.69) is 16.8 Å². The second-order valence-electron chi connectivity index (χ2n) is 8.79. The Hall–Kier alpha value is -2.60. The Bertz CT molecular complexity index is 1070. The number of ketones is 1. The molecular formula is C25H27NO4S. The lowest BCUT2D eigenvalue weighted by Crippen LogP contribution is -2.36. The minimum absolute atomic E-state index is 0.0348. The molecule has 6 heteroatoms. The summed E-state index contributed by atoms with van der Waals surface area (Å²) in [4.78, 5) is 28.0. The average molecular weight is 438 g/mol. The van der Waals surface area contributed by atoms with Crippen molar-refractivity contribution in [2.24, 2.45) is 0 Å². The number of nitrogens with one attached hydrogen (secondary N) is 1. The molecule has 2 aromatic rings. The van der Waals surface area contributed by atoms with Gasteiger partial charge in [-0.2, -0.15) is 0 Å². The Morgan fingerprint density at radius 2 is 1.97 bits per heavy atom. The van der Waals surface area contributed by atoms with Crippen LogP contribution < -0.4 is 5.32 Å². The highest BCUT2D eigenvalue weighted by Gasteiger charge is 2.43. The highest BCUT2D eigenvalue weighted by Crippen LogP contribution is 2.46. The van der Waals surface area contributed by atoms with Crippen molar-refractivity contribution in [2.45, 2.75) is 70.3 Å². The molecule has 0 bridgehead atoms. The van der Waals surface area contributed by atoms with Crippen LogP contribution in [0, 0.1) is 6.92 Å². The number of allylic oxidation sites excluding steroid dienone is 3. The van der Waals surface area contributed by atoms with Crippen LogP contribution in [0.4, 0.5) is 0 Å². The van der Waals surface area contributed by atoms with E-state index in [1.54, 1.807) is 11.3 Å². The number of aryl methyl sites for hydroxylation is 1. The summed E-state index contributed by atoms with van der Waals surface area (Å²) >= 11 is 1.69. The molecule has 3 heterocycles. The van der Waals surface area contributed by atoms with Crippen LogP contribution in [-0.4, -0.2) is 17.9 Å². The highest BCUT2D eigenvalue weighted by molar-refractivity contribution is 7.10. The smallest absolute Gasteiger partial charge is 0.337 e. The van der Waals surface area contributed by atoms with Crippen LogP contribution in [0.5, 0.6) is 0 Å². The molecule has 0 spiro atoms. The number of hydrogen-bond donors (Lipinski definition) is 1. The number of Topliss-reactive ketones (excluding diaryl/α,β-unsaturated/α-hetero) is 1. The summed E-state index contributed by atoms with van der Waals surface area (Å²) in [5.41, 5.74) is 2.82. The van der Waals surface area contributed by atoms with Gasteiger partial charge >= 0.3 is 5.97 Å². The van der Waals surface area contributed by atoms with Crippen LogP contribution >= 0.6 is 11.3 Å². The van der Waals surface area contributed by atoms with Crippen molar-refractivity contribution in [1.82, 2.24) is 5.32 Å². The van der Waals surface area contributed by atoms with Gasteiger partial charge in [-0.25, -0.2) is 4.79 Å². The molecule has 3 aliphatic rings. The highest BCUT2D eigenvalue weighted by atomic mass is 32.1. The molecule has 1 aliphatic heterocycles. The first-order chi connectivity index (χ1) is 15.0. The van der Waals surface area contributed by atoms with E-state index in [9.17, 15) is 9.59 Å². The predicted octanol–water partition coefficient (Wildman–Crippen LogP) is 5.50. The van der Waals surface area contributed by atoms with Gasteiger partial charge in [0.15, 0.2) is 5.78 Å². The number of carbonyl (C=O) groups is 2. The fourth-order valence-electron chi connectivity index (χ4n) is 5.15. The second-order valence-corrected chi connectivity index (χ2v) is 9.77. The first-order valence-corrected chi connectivity index (χ1v) is 11.9. The maximum Gasteiger partial charge on any atom is 0.337 e. The molecule has 5 nitrogen and oxygen atoms in total. The van der Waals surface area contributed by atoms with E-state index in [0.717, 1.165) is 49.3 Å². The van der Waals surface area contributed by atoms with E-state index < -0.39 is 5.92 Å². The summed E-state index contributed by atoms with van der Waals surface area (Å²) < 4.78 is 11.8. The van der Waals surface area contributed by atoms with Gasteiger partial charge in [-0.3, -0.25) is 4.79 Å². The Kier molecular flexibility index (Phi) is 5.34. The van der Waals surface area contributed by atoms with E-state index in [-0.39, 0.29) is 23.8 Å². The van der Waals surface area contributed by atoms with Gasteiger partial charge in [0.25, 0.3) is 0 Å². The molecule has 162 valence electrons. The molecule has 1 fully saturated rings. The molecule has 5 rings (SSSR count). The van der Waals surface area contributed by atoms with Gasteiger partial charge in [0.05, 0.1) is 11.5 Å². The zero-order valence-corrected chi connectivity index (χ0v) is 18.7. The van der Waals surface area contributed by atoms with Crippen LogP contribution in [0.2, 0.25) is 0 Å². The lowest BCUT2D eigenvalue weighted by Gasteiger charge is -2.35. The van der Waals surface area contributed by atoms with E-state index in [1.807, 2.05) is 32.0 Å². The van der Waals surface area contributed by atoms with Crippen LogP contribution in [0.3, 0.4) is 0 Å². The van der Waals surface area contributed by atoms with Crippen LogP contribution in [0.15, 0.2) is 56.6 Å². The number of rotatable bonds is 4. The molecule has 31 heavy (non-hydrogen) atoms. The van der Waals surface area contributed by atoms with Crippen molar-refractivity contribution in [3.05, 3.63) is 68.6 Å². The molecular weight excluding hydrogens is 410 g/mol. The van der Waals surface area contributed by atoms with Crippen LogP contribution in [0.25, 0.3) is 0 Å². The van der Waals surface area contributed by atoms with Crippen LogP contribution in [-0.2, 0) is 14.3 Å². The van der Waals surface area contributed by atoms with E-state index >= 15 is 0 Å². The number of thiophene rings is 1. The number of dihydropyridines is 1. The van der Waals surface area contributed by atoms with Gasteiger partial charge in [-0.15, -0.1) is 11.3 Å². The lowest BCUT2D eigenvalue weighted by atomic mass is 9.74. The molecule has 2 aliphatic carbocycles. The second kappa shape index (κ2) is 8.15. The molecule has 0 radical (unpaired) electrons. The summed E-state index contributed by atoms with van der Waals surface area (Å²) in [6.07, 6.45) is 5.16. The fourth-order valence-corrected chi connectivity index (χ4v) is 5.98. The topological polar surface area (TPSA) is 68.5 Å². The van der Waals surface area contributed by atoms with Gasteiger partial charge in [-0.05, 0) is 69.5 Å². The summed E-state index contributed by atoms with van der Waals surface area (Å²) in [5.74, 6) is 0.775. The van der Waals surface area contributed by atoms with Crippen molar-refractivity contribution in [1.29, 1.82) is 0 Å². The maximum atomic E-state index is 13.4. The van der Waals surface area contributed by atoms with Gasteiger partial charge < -0.3 is 14.5 Å². The van der Waals surface area contributed by atoms with Gasteiger partial charge in [0.2, 0.25) is 0 Å². The molecule has 1 saturated carbocycles. The SMILES string of the molecule is CC1=C(C(=O)OC2CCCC2)[C@H](c2ccc(C)o2)C2=C(C[C@H](c3cccs3)CC2=O)N1. The number of carbonyl (C=O) groups excluding carboxylic acids is 2. The van der Waals surface area contributed by atoms with Crippen molar-refractivity contribution < 1.29 is 18.7 Å². The third-order valence-electron chi connectivity index (χ3n) is 6.61. The largest absolute Gasteiger partial charge is 0.465 e. The first kappa shape index (κ1) is 20.3. The van der Waals surface area contributed by atoms with Crippen molar-refractivity contribution in [3.63, 3.8) is 0 Å². The summed E-state index contributed by atoms with van der Waals surface area (Å²) in [6, 6.07) is 7.89. The monoisotopic (exact) mass is 437 g/mol. The van der Waals surface area contributed by atoms with Gasteiger partial charge in [0, 0.05) is 34.2 Å². The molecule has 0 aromatic carbocycles. The fraction of sp³-hybridized carbons (Fsp3) is 0.440. The lowest BCUT2D eigenvalue weighted by molar-refractivity contribution is -0.144. The van der Waals surface area contributed by atoms with Crippen molar-refractivity contribution in [3.8, 4) is 0 Å². The zero-order chi connectivity index (χ0) is 21.5. The van der Waals surface area contributed by atoms with E-state index in [4.69, 9.17) is 9.15 Å². The third kappa shape index (κ3) is 3.78.